The molecule has 2 heterocycles. The first-order chi connectivity index (χ1) is 7.20. The van der Waals surface area contributed by atoms with E-state index in [0.717, 1.165) is 0 Å². The summed E-state index contributed by atoms with van der Waals surface area (Å²) < 4.78 is 0.366. The summed E-state index contributed by atoms with van der Waals surface area (Å²) >= 11 is 4.65. The van der Waals surface area contributed by atoms with Gasteiger partial charge in [0.2, 0.25) is 0 Å². The zero-order valence-electron chi connectivity index (χ0n) is 8.10. The molecule has 0 aliphatic carbocycles. The fourth-order valence-corrected chi connectivity index (χ4v) is 0.882. The minimum Gasteiger partial charge on any atom is -0.338 e. The Labute approximate surface area is 91.3 Å². The van der Waals surface area contributed by atoms with Gasteiger partial charge in [0.1, 0.15) is 6.33 Å². The van der Waals surface area contributed by atoms with Crippen LogP contribution in [0.3, 0.4) is 0 Å². The van der Waals surface area contributed by atoms with E-state index in [1.165, 1.54) is 6.33 Å². The highest BCUT2D eigenvalue weighted by Crippen LogP contribution is 1.79. The van der Waals surface area contributed by atoms with Gasteiger partial charge in [-0.25, -0.2) is 9.97 Å². The number of aryl methyl sites for hydroxylation is 1. The van der Waals surface area contributed by atoms with E-state index in [0.29, 0.717) is 10.3 Å². The first kappa shape index (κ1) is 11.3. The molecule has 0 unspecified atom stereocenters. The molecule has 2 aromatic heterocycles. The summed E-state index contributed by atoms with van der Waals surface area (Å²) in [7, 11) is 0. The van der Waals surface area contributed by atoms with Crippen LogP contribution in [-0.4, -0.2) is 19.9 Å². The van der Waals surface area contributed by atoms with Crippen molar-refractivity contribution in [2.45, 2.75) is 6.92 Å². The van der Waals surface area contributed by atoms with Gasteiger partial charge in [0, 0.05) is 24.2 Å². The van der Waals surface area contributed by atoms with Crippen LogP contribution in [0.1, 0.15) is 5.56 Å². The van der Waals surface area contributed by atoms with Gasteiger partial charge in [-0.3, -0.25) is 9.78 Å². The molecular weight excluding hydrogens is 212 g/mol. The van der Waals surface area contributed by atoms with Crippen molar-refractivity contribution in [3.63, 3.8) is 0 Å². The van der Waals surface area contributed by atoms with Crippen LogP contribution < -0.4 is 5.56 Å². The van der Waals surface area contributed by atoms with Gasteiger partial charge in [0.15, 0.2) is 4.77 Å². The zero-order chi connectivity index (χ0) is 11.1. The Morgan fingerprint density at radius 3 is 2.33 bits per heavy atom. The Bertz CT molecular complexity index is 479. The van der Waals surface area contributed by atoms with Crippen LogP contribution >= 0.6 is 12.2 Å². The molecule has 0 saturated heterocycles. The Kier molecular flexibility index (Phi) is 4.36. The van der Waals surface area contributed by atoms with E-state index in [1.54, 1.807) is 31.6 Å². The van der Waals surface area contributed by atoms with E-state index < -0.39 is 0 Å². The molecule has 0 aromatic carbocycles. The number of hydrogen-bond acceptors (Lipinski definition) is 4. The maximum Gasteiger partial charge on any atom is 0.254 e. The predicted molar refractivity (Wildman–Crippen MR) is 59.0 cm³/mol. The average molecular weight is 222 g/mol. The number of H-pyrrole nitrogens is 2. The van der Waals surface area contributed by atoms with Gasteiger partial charge >= 0.3 is 0 Å². The van der Waals surface area contributed by atoms with Crippen LogP contribution in [0.25, 0.3) is 0 Å². The number of nitrogens with one attached hydrogen (secondary N) is 2. The van der Waals surface area contributed by atoms with Gasteiger partial charge in [-0.2, -0.15) is 0 Å². The van der Waals surface area contributed by atoms with Crippen molar-refractivity contribution in [3.05, 3.63) is 51.7 Å². The van der Waals surface area contributed by atoms with Crippen molar-refractivity contribution in [2.75, 3.05) is 0 Å². The molecule has 0 radical (unpaired) electrons. The third-order valence-corrected chi connectivity index (χ3v) is 1.70. The minimum absolute atomic E-state index is 0.126. The minimum atomic E-state index is -0.126. The highest BCUT2D eigenvalue weighted by atomic mass is 32.1. The number of rotatable bonds is 0. The molecular formula is C9H10N4OS. The van der Waals surface area contributed by atoms with E-state index in [4.69, 9.17) is 0 Å². The van der Waals surface area contributed by atoms with Crippen molar-refractivity contribution in [2.24, 2.45) is 0 Å². The lowest BCUT2D eigenvalue weighted by Gasteiger charge is -1.86. The SMILES string of the molecule is Cc1c[nH]c(=S)[nH]c1=O.c1cncnc1. The van der Waals surface area contributed by atoms with E-state index in [1.807, 2.05) is 0 Å². The lowest BCUT2D eigenvalue weighted by molar-refractivity contribution is 1.05. The summed E-state index contributed by atoms with van der Waals surface area (Å²) in [5, 5.41) is 0. The molecule has 0 aliphatic rings. The number of aromatic amines is 2. The highest BCUT2D eigenvalue weighted by Gasteiger charge is 1.86. The summed E-state index contributed by atoms with van der Waals surface area (Å²) in [6.07, 6.45) is 6.46. The fourth-order valence-electron chi connectivity index (χ4n) is 0.730. The summed E-state index contributed by atoms with van der Waals surface area (Å²) in [5.74, 6) is 0. The molecule has 0 atom stereocenters. The van der Waals surface area contributed by atoms with Crippen LogP contribution in [-0.2, 0) is 0 Å². The smallest absolute Gasteiger partial charge is 0.254 e. The van der Waals surface area contributed by atoms with Crippen molar-refractivity contribution in [1.29, 1.82) is 0 Å². The van der Waals surface area contributed by atoms with Gasteiger partial charge in [-0.1, -0.05) is 0 Å². The molecule has 2 N–H and O–H groups in total. The van der Waals surface area contributed by atoms with E-state index in [-0.39, 0.29) is 5.56 Å². The monoisotopic (exact) mass is 222 g/mol. The molecule has 2 rings (SSSR count). The van der Waals surface area contributed by atoms with Gasteiger partial charge in [0.25, 0.3) is 5.56 Å². The van der Waals surface area contributed by atoms with E-state index in [9.17, 15) is 4.79 Å². The Morgan fingerprint density at radius 2 is 2.00 bits per heavy atom. The molecule has 2 aromatic rings. The second kappa shape index (κ2) is 5.82. The van der Waals surface area contributed by atoms with Crippen molar-refractivity contribution >= 4 is 12.2 Å². The summed E-state index contributed by atoms with van der Waals surface area (Å²) in [6.45, 7) is 1.71. The summed E-state index contributed by atoms with van der Waals surface area (Å²) in [6, 6.07) is 1.78. The second-order valence-corrected chi connectivity index (χ2v) is 3.07. The topological polar surface area (TPSA) is 74.4 Å². The second-order valence-electron chi connectivity index (χ2n) is 2.66. The maximum atomic E-state index is 10.7. The lowest BCUT2D eigenvalue weighted by atomic mass is 10.4. The van der Waals surface area contributed by atoms with Crippen LogP contribution in [0.2, 0.25) is 0 Å². The quantitative estimate of drug-likeness (QED) is 0.657. The molecule has 15 heavy (non-hydrogen) atoms. The maximum absolute atomic E-state index is 10.7. The number of aromatic nitrogens is 4. The standard InChI is InChI=1S/C5H6N2OS.C4H4N2/c1-3-2-6-5(9)7-4(3)8;1-2-5-4-6-3-1/h2H,1H3,(H2,6,7,8,9);1-4H. The molecule has 0 bridgehead atoms. The normalized spacial score (nSPS) is 8.87. The van der Waals surface area contributed by atoms with Gasteiger partial charge < -0.3 is 4.98 Å². The van der Waals surface area contributed by atoms with Crippen molar-refractivity contribution in [1.82, 2.24) is 19.9 Å². The molecule has 0 aliphatic heterocycles. The molecule has 6 heteroatoms. The molecule has 0 fully saturated rings. The number of hydrogen-bond donors (Lipinski definition) is 2. The third-order valence-electron chi connectivity index (χ3n) is 1.48. The molecule has 5 nitrogen and oxygen atoms in total. The van der Waals surface area contributed by atoms with Crippen LogP contribution in [0.5, 0.6) is 0 Å². The molecule has 78 valence electrons. The Balaban J connectivity index is 0.000000162. The predicted octanol–water partition coefficient (Wildman–Crippen LogP) is 1.22. The fraction of sp³-hybridized carbons (Fsp3) is 0.111. The lowest BCUT2D eigenvalue weighted by Crippen LogP contribution is -2.09. The summed E-state index contributed by atoms with van der Waals surface area (Å²) in [5.41, 5.74) is 0.516. The third kappa shape index (κ3) is 4.28. The first-order valence-corrected chi connectivity index (χ1v) is 4.59. The van der Waals surface area contributed by atoms with E-state index >= 15 is 0 Å². The Hall–Kier alpha value is -1.82. The number of nitrogens with zero attached hydrogens (tertiary/aromatic N) is 2. The highest BCUT2D eigenvalue weighted by molar-refractivity contribution is 7.71. The largest absolute Gasteiger partial charge is 0.338 e. The molecule has 0 saturated carbocycles. The molecule has 0 spiro atoms. The van der Waals surface area contributed by atoms with Crippen LogP contribution in [0.4, 0.5) is 0 Å². The Morgan fingerprint density at radius 1 is 1.33 bits per heavy atom. The first-order valence-electron chi connectivity index (χ1n) is 4.19. The van der Waals surface area contributed by atoms with Crippen LogP contribution in [0.15, 0.2) is 35.8 Å². The van der Waals surface area contributed by atoms with Crippen molar-refractivity contribution in [3.8, 4) is 0 Å². The van der Waals surface area contributed by atoms with Gasteiger partial charge in [-0.05, 0) is 25.2 Å². The van der Waals surface area contributed by atoms with Crippen LogP contribution in [0, 0.1) is 11.7 Å². The van der Waals surface area contributed by atoms with E-state index in [2.05, 4.69) is 32.2 Å². The van der Waals surface area contributed by atoms with Gasteiger partial charge in [-0.15, -0.1) is 0 Å². The van der Waals surface area contributed by atoms with Crippen molar-refractivity contribution < 1.29 is 0 Å². The van der Waals surface area contributed by atoms with Gasteiger partial charge in [0.05, 0.1) is 0 Å². The summed E-state index contributed by atoms with van der Waals surface area (Å²) in [4.78, 5) is 23.2. The average Bonchev–Trinajstić information content (AvgIpc) is 2.27. The molecule has 0 amide bonds. The zero-order valence-corrected chi connectivity index (χ0v) is 8.91.